The zero-order chi connectivity index (χ0) is 13.2. The smallest absolute Gasteiger partial charge is 0.240 e. The Kier molecular flexibility index (Phi) is 3.50. The Bertz CT molecular complexity index is 467. The van der Waals surface area contributed by atoms with Crippen LogP contribution in [0.5, 0.6) is 0 Å². The van der Waals surface area contributed by atoms with Crippen molar-refractivity contribution in [3.63, 3.8) is 0 Å². The van der Waals surface area contributed by atoms with Crippen LogP contribution in [0.4, 0.5) is 0 Å². The van der Waals surface area contributed by atoms with E-state index in [2.05, 4.69) is 27.1 Å². The minimum Gasteiger partial charge on any atom is -0.391 e. The minimum absolute atomic E-state index is 0.158. The van der Waals surface area contributed by atoms with Gasteiger partial charge in [-0.3, -0.25) is 4.90 Å². The molecule has 2 aliphatic rings. The summed E-state index contributed by atoms with van der Waals surface area (Å²) in [5, 5.41) is 8.09. The van der Waals surface area contributed by atoms with Crippen LogP contribution in [0.3, 0.4) is 0 Å². The van der Waals surface area contributed by atoms with E-state index in [1.54, 1.807) is 0 Å². The number of rotatable bonds is 6. The van der Waals surface area contributed by atoms with Crippen LogP contribution in [-0.4, -0.2) is 40.4 Å². The van der Waals surface area contributed by atoms with E-state index in [9.17, 15) is 0 Å². The molecule has 104 valence electrons. The molecule has 19 heavy (non-hydrogen) atoms. The molecule has 0 spiro atoms. The van der Waals surface area contributed by atoms with Crippen LogP contribution >= 0.6 is 0 Å². The van der Waals surface area contributed by atoms with Crippen molar-refractivity contribution >= 4 is 5.71 Å². The lowest BCUT2D eigenvalue weighted by molar-refractivity contribution is 0.0553. The summed E-state index contributed by atoms with van der Waals surface area (Å²) in [5.74, 6) is 2.11. The van der Waals surface area contributed by atoms with Gasteiger partial charge in [0.25, 0.3) is 0 Å². The third-order valence-corrected chi connectivity index (χ3v) is 3.55. The Hall–Kier alpha value is -1.43. The highest BCUT2D eigenvalue weighted by Crippen LogP contribution is 2.38. The van der Waals surface area contributed by atoms with Gasteiger partial charge in [0.15, 0.2) is 5.82 Å². The van der Waals surface area contributed by atoms with Gasteiger partial charge in [-0.1, -0.05) is 17.2 Å². The molecule has 6 heteroatoms. The molecule has 1 saturated carbocycles. The molecule has 1 atom stereocenters. The van der Waals surface area contributed by atoms with Crippen LogP contribution in [0, 0.1) is 0 Å². The number of hydrogen-bond acceptors (Lipinski definition) is 6. The van der Waals surface area contributed by atoms with Gasteiger partial charge in [0, 0.05) is 18.9 Å². The lowest BCUT2D eigenvalue weighted by Gasteiger charge is -2.17. The van der Waals surface area contributed by atoms with Crippen molar-refractivity contribution < 1.29 is 9.36 Å². The maximum absolute atomic E-state index is 5.40. The Labute approximate surface area is 112 Å². The topological polar surface area (TPSA) is 63.8 Å². The van der Waals surface area contributed by atoms with Crippen molar-refractivity contribution in [2.24, 2.45) is 5.16 Å². The lowest BCUT2D eigenvalue weighted by Crippen LogP contribution is -2.29. The maximum atomic E-state index is 5.40. The van der Waals surface area contributed by atoms with Gasteiger partial charge < -0.3 is 9.36 Å². The molecule has 0 saturated heterocycles. The van der Waals surface area contributed by atoms with E-state index in [1.165, 1.54) is 12.8 Å². The number of likely N-dealkylation sites (N-methyl/N-ethyl adjacent to an activating group) is 1. The van der Waals surface area contributed by atoms with Gasteiger partial charge in [0.2, 0.25) is 5.89 Å². The monoisotopic (exact) mass is 264 g/mol. The van der Waals surface area contributed by atoms with Crippen molar-refractivity contribution in [3.8, 4) is 0 Å². The van der Waals surface area contributed by atoms with Crippen LogP contribution in [-0.2, 0) is 11.4 Å². The third kappa shape index (κ3) is 3.12. The second kappa shape index (κ2) is 5.28. The molecule has 0 radical (unpaired) electrons. The molecular weight excluding hydrogens is 244 g/mol. The van der Waals surface area contributed by atoms with Gasteiger partial charge in [-0.15, -0.1) is 0 Å². The van der Waals surface area contributed by atoms with E-state index in [0.29, 0.717) is 18.4 Å². The van der Waals surface area contributed by atoms with Crippen LogP contribution < -0.4 is 0 Å². The highest BCUT2D eigenvalue weighted by atomic mass is 16.6. The molecule has 1 aliphatic carbocycles. The first-order valence-electron chi connectivity index (χ1n) is 6.97. The third-order valence-electron chi connectivity index (χ3n) is 3.55. The van der Waals surface area contributed by atoms with Gasteiger partial charge >= 0.3 is 0 Å². The van der Waals surface area contributed by atoms with Crippen LogP contribution in [0.15, 0.2) is 9.68 Å². The largest absolute Gasteiger partial charge is 0.391 e. The van der Waals surface area contributed by atoms with Crippen molar-refractivity contribution in [1.82, 2.24) is 15.0 Å². The fraction of sp³-hybridized carbons (Fsp3) is 0.769. The summed E-state index contributed by atoms with van der Waals surface area (Å²) in [7, 11) is 2.04. The second-order valence-electron chi connectivity index (χ2n) is 5.46. The summed E-state index contributed by atoms with van der Waals surface area (Å²) in [6, 6.07) is 0. The Balaban J connectivity index is 1.46. The quantitative estimate of drug-likeness (QED) is 0.785. The number of hydrogen-bond donors (Lipinski definition) is 0. The van der Waals surface area contributed by atoms with Crippen LogP contribution in [0.25, 0.3) is 0 Å². The second-order valence-corrected chi connectivity index (χ2v) is 5.46. The Morgan fingerprint density at radius 1 is 1.37 bits per heavy atom. The first-order valence-corrected chi connectivity index (χ1v) is 6.97. The van der Waals surface area contributed by atoms with Crippen molar-refractivity contribution in [1.29, 1.82) is 0 Å². The maximum Gasteiger partial charge on any atom is 0.240 e. The predicted molar refractivity (Wildman–Crippen MR) is 69.8 cm³/mol. The number of aromatic nitrogens is 2. The molecule has 1 unspecified atom stereocenters. The molecule has 1 aliphatic heterocycles. The van der Waals surface area contributed by atoms with Crippen molar-refractivity contribution in [2.75, 3.05) is 13.6 Å². The summed E-state index contributed by atoms with van der Waals surface area (Å²) < 4.78 is 5.27. The normalized spacial score (nSPS) is 22.7. The summed E-state index contributed by atoms with van der Waals surface area (Å²) in [5.41, 5.74) is 1.15. The van der Waals surface area contributed by atoms with E-state index in [1.807, 2.05) is 7.05 Å². The molecule has 1 fully saturated rings. The van der Waals surface area contributed by atoms with E-state index in [0.717, 1.165) is 30.9 Å². The first-order chi connectivity index (χ1) is 9.24. The molecule has 0 aromatic carbocycles. The number of oxime groups is 1. The van der Waals surface area contributed by atoms with Gasteiger partial charge in [-0.25, -0.2) is 0 Å². The van der Waals surface area contributed by atoms with Gasteiger partial charge in [0.1, 0.15) is 6.10 Å². The minimum atomic E-state index is 0.158. The molecule has 2 heterocycles. The van der Waals surface area contributed by atoms with Gasteiger partial charge in [0.05, 0.1) is 12.3 Å². The predicted octanol–water partition coefficient (Wildman–Crippen LogP) is 1.93. The summed E-state index contributed by atoms with van der Waals surface area (Å²) >= 11 is 0. The molecular formula is C13H20N4O2. The molecule has 0 amide bonds. The molecule has 0 bridgehead atoms. The fourth-order valence-electron chi connectivity index (χ4n) is 2.28. The first kappa shape index (κ1) is 12.6. The SMILES string of the molecule is CCC1=NOC(CN(C)Cc2nc(C3CC3)no2)C1. The van der Waals surface area contributed by atoms with Gasteiger partial charge in [-0.05, 0) is 26.3 Å². The van der Waals surface area contributed by atoms with E-state index >= 15 is 0 Å². The van der Waals surface area contributed by atoms with Crippen molar-refractivity contribution in [2.45, 2.75) is 51.2 Å². The van der Waals surface area contributed by atoms with Gasteiger partial charge in [-0.2, -0.15) is 4.98 Å². The summed E-state index contributed by atoms with van der Waals surface area (Å²) in [4.78, 5) is 12.0. The standard InChI is InChI=1S/C13H20N4O2/c1-3-10-6-11(18-15-10)7-17(2)8-12-14-13(16-19-12)9-4-5-9/h9,11H,3-8H2,1-2H3. The summed E-state index contributed by atoms with van der Waals surface area (Å²) in [6.45, 7) is 3.60. The van der Waals surface area contributed by atoms with Crippen molar-refractivity contribution in [3.05, 3.63) is 11.7 Å². The van der Waals surface area contributed by atoms with E-state index < -0.39 is 0 Å². The zero-order valence-electron chi connectivity index (χ0n) is 11.5. The van der Waals surface area contributed by atoms with Crippen LogP contribution in [0.1, 0.15) is 50.2 Å². The summed E-state index contributed by atoms with van der Waals surface area (Å²) in [6.07, 6.45) is 4.45. The van der Waals surface area contributed by atoms with E-state index in [-0.39, 0.29) is 6.10 Å². The molecule has 1 aromatic rings. The molecule has 6 nitrogen and oxygen atoms in total. The highest BCUT2D eigenvalue weighted by molar-refractivity contribution is 5.85. The zero-order valence-corrected chi connectivity index (χ0v) is 11.5. The fourth-order valence-corrected chi connectivity index (χ4v) is 2.28. The average Bonchev–Trinajstić information content (AvgIpc) is 2.98. The van der Waals surface area contributed by atoms with Crippen LogP contribution in [0.2, 0.25) is 0 Å². The Morgan fingerprint density at radius 2 is 2.21 bits per heavy atom. The Morgan fingerprint density at radius 3 is 2.89 bits per heavy atom. The molecule has 3 rings (SSSR count). The lowest BCUT2D eigenvalue weighted by atomic mass is 10.1. The highest BCUT2D eigenvalue weighted by Gasteiger charge is 2.29. The number of nitrogens with zero attached hydrogens (tertiary/aromatic N) is 4. The molecule has 0 N–H and O–H groups in total. The van der Waals surface area contributed by atoms with E-state index in [4.69, 9.17) is 9.36 Å². The molecule has 1 aromatic heterocycles. The average molecular weight is 264 g/mol.